The number of carbonyl (C=O) groups excluding carboxylic acids is 2. The number of aliphatic hydroxyl groups is 1. The maximum absolute atomic E-state index is 13.2. The average molecular weight is 499 g/mol. The summed E-state index contributed by atoms with van der Waals surface area (Å²) in [5, 5.41) is 11.3. The number of Topliss-reactive ketones (excluding diaryl/α,β-unsaturated/α-hetero) is 1. The molecule has 0 saturated carbocycles. The van der Waals surface area contributed by atoms with Crippen LogP contribution in [0.1, 0.15) is 40.3 Å². The van der Waals surface area contributed by atoms with Crippen LogP contribution in [0.2, 0.25) is 0 Å². The first-order chi connectivity index (χ1) is 17.7. The minimum Gasteiger partial charge on any atom is -0.507 e. The van der Waals surface area contributed by atoms with Crippen molar-refractivity contribution >= 4 is 17.4 Å². The number of ketones is 1. The summed E-state index contributed by atoms with van der Waals surface area (Å²) in [4.78, 5) is 29.9. The molecule has 0 radical (unpaired) electrons. The SMILES string of the molecule is Cc1ccc(C2C(=C(O)c3ccc(OCc4cccc(C)c4)cc3)C(=O)C(=O)N2CCCN(C)C)cc1. The minimum atomic E-state index is -0.660. The second-order valence-electron chi connectivity index (χ2n) is 9.86. The van der Waals surface area contributed by atoms with Crippen LogP contribution in [0.15, 0.2) is 78.4 Å². The zero-order chi connectivity index (χ0) is 26.5. The number of aliphatic hydroxyl groups excluding tert-OH is 1. The molecule has 1 heterocycles. The lowest BCUT2D eigenvalue weighted by atomic mass is 9.94. The molecule has 0 aromatic heterocycles. The topological polar surface area (TPSA) is 70.1 Å². The molecule has 6 nitrogen and oxygen atoms in total. The number of nitrogens with zero attached hydrogens (tertiary/aromatic N) is 2. The lowest BCUT2D eigenvalue weighted by molar-refractivity contribution is -0.139. The summed E-state index contributed by atoms with van der Waals surface area (Å²) >= 11 is 0. The fraction of sp³-hybridized carbons (Fsp3) is 0.290. The Bertz CT molecular complexity index is 1290. The van der Waals surface area contributed by atoms with E-state index in [1.54, 1.807) is 29.2 Å². The molecule has 1 atom stereocenters. The van der Waals surface area contributed by atoms with Gasteiger partial charge in [0.15, 0.2) is 0 Å². The fourth-order valence-corrected chi connectivity index (χ4v) is 4.60. The van der Waals surface area contributed by atoms with E-state index < -0.39 is 17.7 Å². The van der Waals surface area contributed by atoms with Crippen molar-refractivity contribution in [1.29, 1.82) is 0 Å². The maximum atomic E-state index is 13.2. The normalized spacial score (nSPS) is 17.0. The molecule has 192 valence electrons. The molecule has 1 aliphatic heterocycles. The predicted molar refractivity (Wildman–Crippen MR) is 145 cm³/mol. The Hall–Kier alpha value is -3.90. The second-order valence-corrected chi connectivity index (χ2v) is 9.86. The molecular weight excluding hydrogens is 464 g/mol. The number of amides is 1. The van der Waals surface area contributed by atoms with Crippen LogP contribution >= 0.6 is 0 Å². The van der Waals surface area contributed by atoms with Gasteiger partial charge in [0.05, 0.1) is 11.6 Å². The molecule has 3 aromatic rings. The number of hydrogen-bond donors (Lipinski definition) is 1. The molecular formula is C31H34N2O4. The van der Waals surface area contributed by atoms with Gasteiger partial charge in [-0.3, -0.25) is 9.59 Å². The van der Waals surface area contributed by atoms with Crippen LogP contribution in [-0.4, -0.2) is 53.8 Å². The van der Waals surface area contributed by atoms with E-state index in [0.29, 0.717) is 24.5 Å². The van der Waals surface area contributed by atoms with Crippen LogP contribution in [0.4, 0.5) is 0 Å². The fourth-order valence-electron chi connectivity index (χ4n) is 4.60. The van der Waals surface area contributed by atoms with Gasteiger partial charge in [-0.15, -0.1) is 0 Å². The average Bonchev–Trinajstić information content (AvgIpc) is 3.13. The third kappa shape index (κ3) is 6.09. The third-order valence-corrected chi connectivity index (χ3v) is 6.55. The predicted octanol–water partition coefficient (Wildman–Crippen LogP) is 5.26. The van der Waals surface area contributed by atoms with E-state index in [4.69, 9.17) is 4.74 Å². The smallest absolute Gasteiger partial charge is 0.295 e. The van der Waals surface area contributed by atoms with E-state index >= 15 is 0 Å². The van der Waals surface area contributed by atoms with Gasteiger partial charge in [-0.05, 0) is 76.3 Å². The summed E-state index contributed by atoms with van der Waals surface area (Å²) in [6.07, 6.45) is 0.718. The van der Waals surface area contributed by atoms with Gasteiger partial charge in [-0.25, -0.2) is 0 Å². The van der Waals surface area contributed by atoms with E-state index in [1.165, 1.54) is 5.56 Å². The standard InChI is InChI=1S/C31H34N2O4/c1-21-9-11-24(12-10-21)28-27(30(35)31(36)33(28)18-6-17-32(3)4)29(34)25-13-15-26(16-14-25)37-20-23-8-5-7-22(2)19-23/h5,7-16,19,28,34H,6,17-18,20H2,1-4H3. The van der Waals surface area contributed by atoms with Gasteiger partial charge in [0.2, 0.25) is 0 Å². The van der Waals surface area contributed by atoms with Crippen molar-refractivity contribution in [3.63, 3.8) is 0 Å². The highest BCUT2D eigenvalue weighted by Crippen LogP contribution is 2.39. The Kier molecular flexibility index (Phi) is 8.09. The Balaban J connectivity index is 1.62. The summed E-state index contributed by atoms with van der Waals surface area (Å²) in [5.41, 5.74) is 4.70. The van der Waals surface area contributed by atoms with Gasteiger partial charge in [0, 0.05) is 12.1 Å². The lowest BCUT2D eigenvalue weighted by Crippen LogP contribution is -2.32. The number of carbonyl (C=O) groups is 2. The molecule has 0 bridgehead atoms. The van der Waals surface area contributed by atoms with Crippen LogP contribution < -0.4 is 4.74 Å². The molecule has 6 heteroatoms. The van der Waals surface area contributed by atoms with Crippen molar-refractivity contribution in [1.82, 2.24) is 9.80 Å². The molecule has 0 aliphatic carbocycles. The highest BCUT2D eigenvalue weighted by Gasteiger charge is 2.45. The van der Waals surface area contributed by atoms with Gasteiger partial charge in [0.25, 0.3) is 11.7 Å². The number of benzene rings is 3. The van der Waals surface area contributed by atoms with Gasteiger partial charge >= 0.3 is 0 Å². The van der Waals surface area contributed by atoms with Gasteiger partial charge in [-0.2, -0.15) is 0 Å². The quantitative estimate of drug-likeness (QED) is 0.248. The van der Waals surface area contributed by atoms with E-state index in [1.807, 2.05) is 75.3 Å². The summed E-state index contributed by atoms with van der Waals surface area (Å²) in [7, 11) is 3.94. The Morgan fingerprint density at radius 1 is 0.946 bits per heavy atom. The largest absolute Gasteiger partial charge is 0.507 e. The van der Waals surface area contributed by atoms with Crippen LogP contribution in [-0.2, 0) is 16.2 Å². The van der Waals surface area contributed by atoms with E-state index in [2.05, 4.69) is 6.07 Å². The first-order valence-electron chi connectivity index (χ1n) is 12.5. The van der Waals surface area contributed by atoms with Gasteiger partial charge in [-0.1, -0.05) is 59.7 Å². The Morgan fingerprint density at radius 3 is 2.30 bits per heavy atom. The summed E-state index contributed by atoms with van der Waals surface area (Å²) in [5.74, 6) is -0.766. The lowest BCUT2D eigenvalue weighted by Gasteiger charge is -2.26. The monoisotopic (exact) mass is 498 g/mol. The molecule has 3 aromatic carbocycles. The highest BCUT2D eigenvalue weighted by atomic mass is 16.5. The van der Waals surface area contributed by atoms with Crippen molar-refractivity contribution in [3.05, 3.63) is 106 Å². The number of likely N-dealkylation sites (tertiary alicyclic amines) is 1. The summed E-state index contributed by atoms with van der Waals surface area (Å²) in [6, 6.07) is 22.2. The molecule has 4 rings (SSSR count). The van der Waals surface area contributed by atoms with Crippen LogP contribution in [0.5, 0.6) is 5.75 Å². The number of rotatable bonds is 9. The number of aryl methyl sites for hydroxylation is 2. The molecule has 1 saturated heterocycles. The van der Waals surface area contributed by atoms with Crippen molar-refractivity contribution < 1.29 is 19.4 Å². The molecule has 1 amide bonds. The summed E-state index contributed by atoms with van der Waals surface area (Å²) < 4.78 is 5.90. The molecule has 0 spiro atoms. The zero-order valence-electron chi connectivity index (χ0n) is 21.9. The van der Waals surface area contributed by atoms with Crippen molar-refractivity contribution in [2.24, 2.45) is 0 Å². The van der Waals surface area contributed by atoms with E-state index in [0.717, 1.165) is 29.7 Å². The Morgan fingerprint density at radius 2 is 1.65 bits per heavy atom. The first-order valence-corrected chi connectivity index (χ1v) is 12.5. The minimum absolute atomic E-state index is 0.118. The highest BCUT2D eigenvalue weighted by molar-refractivity contribution is 6.46. The first kappa shape index (κ1) is 26.2. The van der Waals surface area contributed by atoms with Gasteiger partial charge < -0.3 is 19.6 Å². The third-order valence-electron chi connectivity index (χ3n) is 6.55. The van der Waals surface area contributed by atoms with Crippen LogP contribution in [0.25, 0.3) is 5.76 Å². The molecule has 1 fully saturated rings. The van der Waals surface area contributed by atoms with Crippen molar-refractivity contribution in [2.45, 2.75) is 32.9 Å². The second kappa shape index (κ2) is 11.4. The maximum Gasteiger partial charge on any atom is 0.295 e. The molecule has 37 heavy (non-hydrogen) atoms. The van der Waals surface area contributed by atoms with Gasteiger partial charge in [0.1, 0.15) is 18.1 Å². The van der Waals surface area contributed by atoms with Crippen molar-refractivity contribution in [3.8, 4) is 5.75 Å². The van der Waals surface area contributed by atoms with Crippen LogP contribution in [0, 0.1) is 13.8 Å². The number of hydrogen-bond acceptors (Lipinski definition) is 5. The zero-order valence-corrected chi connectivity index (χ0v) is 21.9. The Labute approximate surface area is 218 Å². The molecule has 1 unspecified atom stereocenters. The van der Waals surface area contributed by atoms with Crippen LogP contribution in [0.3, 0.4) is 0 Å². The van der Waals surface area contributed by atoms with Crippen molar-refractivity contribution in [2.75, 3.05) is 27.2 Å². The molecule has 1 aliphatic rings. The molecule has 1 N–H and O–H groups in total. The summed E-state index contributed by atoms with van der Waals surface area (Å²) in [6.45, 7) is 5.66. The van der Waals surface area contributed by atoms with E-state index in [-0.39, 0.29) is 11.3 Å². The van der Waals surface area contributed by atoms with E-state index in [9.17, 15) is 14.7 Å². The number of ether oxygens (including phenoxy) is 1.